The monoisotopic (exact) mass is 270 g/mol. The van der Waals surface area contributed by atoms with Crippen LogP contribution in [-0.2, 0) is 0 Å². The van der Waals surface area contributed by atoms with Crippen LogP contribution in [0.5, 0.6) is 0 Å². The van der Waals surface area contributed by atoms with Crippen molar-refractivity contribution in [2.75, 3.05) is 0 Å². The van der Waals surface area contributed by atoms with Gasteiger partial charge in [0, 0.05) is 0 Å². The predicted molar refractivity (Wildman–Crippen MR) is 75.9 cm³/mol. The molecule has 0 aliphatic rings. The van der Waals surface area contributed by atoms with Crippen molar-refractivity contribution >= 4 is 0 Å². The molecule has 3 heteroatoms. The number of hydrogen-bond donors (Lipinski definition) is 0. The van der Waals surface area contributed by atoms with Crippen molar-refractivity contribution < 1.29 is 13.3 Å². The second kappa shape index (κ2) is 5.08. The summed E-state index contributed by atoms with van der Waals surface area (Å²) in [6, 6.07) is 11.8. The number of aryl methyl sites for hydroxylation is 1. The molecule has 3 heterocycles. The minimum Gasteiger partial charge on any atom is -0.469 e. The normalized spacial score (nSPS) is 14.3. The Balaban J connectivity index is 1.83. The summed E-state index contributed by atoms with van der Waals surface area (Å²) in [4.78, 5) is 0. The smallest absolute Gasteiger partial charge is 0.114 e. The molecule has 0 spiro atoms. The largest absolute Gasteiger partial charge is 0.469 e. The van der Waals surface area contributed by atoms with Gasteiger partial charge < -0.3 is 13.3 Å². The number of rotatable bonds is 4. The third-order valence-electron chi connectivity index (χ3n) is 3.66. The minimum atomic E-state index is 0.112. The SMILES string of the molecule is Cc1ccc(C(C)c2ccc(C(C)c3ccco3)o2)o1. The van der Waals surface area contributed by atoms with Gasteiger partial charge in [0.2, 0.25) is 0 Å². The lowest BCUT2D eigenvalue weighted by Crippen LogP contribution is -1.93. The van der Waals surface area contributed by atoms with Crippen LogP contribution in [-0.4, -0.2) is 0 Å². The summed E-state index contributed by atoms with van der Waals surface area (Å²) in [5.74, 6) is 4.80. The Kier molecular flexibility index (Phi) is 3.26. The molecule has 104 valence electrons. The molecule has 0 saturated carbocycles. The molecule has 0 saturated heterocycles. The van der Waals surface area contributed by atoms with Gasteiger partial charge in [-0.15, -0.1) is 0 Å². The van der Waals surface area contributed by atoms with E-state index in [1.807, 2.05) is 43.3 Å². The first-order valence-electron chi connectivity index (χ1n) is 6.84. The number of furan rings is 3. The fourth-order valence-electron chi connectivity index (χ4n) is 2.34. The lowest BCUT2D eigenvalue weighted by Gasteiger charge is -2.07. The Morgan fingerprint density at radius 3 is 1.90 bits per heavy atom. The Hall–Kier alpha value is -2.16. The van der Waals surface area contributed by atoms with E-state index in [1.54, 1.807) is 6.26 Å². The van der Waals surface area contributed by atoms with Crippen LogP contribution in [0, 0.1) is 6.92 Å². The van der Waals surface area contributed by atoms with Crippen LogP contribution in [0.1, 0.15) is 54.5 Å². The van der Waals surface area contributed by atoms with Crippen LogP contribution in [0.2, 0.25) is 0 Å². The first kappa shape index (κ1) is 12.9. The van der Waals surface area contributed by atoms with Crippen molar-refractivity contribution in [1.29, 1.82) is 0 Å². The Labute approximate surface area is 118 Å². The molecule has 3 aromatic rings. The van der Waals surface area contributed by atoms with Gasteiger partial charge in [-0.25, -0.2) is 0 Å². The van der Waals surface area contributed by atoms with E-state index in [0.29, 0.717) is 0 Å². The van der Waals surface area contributed by atoms with E-state index >= 15 is 0 Å². The van der Waals surface area contributed by atoms with Gasteiger partial charge in [0.05, 0.1) is 18.1 Å². The summed E-state index contributed by atoms with van der Waals surface area (Å²) in [5, 5.41) is 0. The predicted octanol–water partition coefficient (Wildman–Crippen LogP) is 5.08. The Bertz CT molecular complexity index is 673. The van der Waals surface area contributed by atoms with Crippen LogP contribution >= 0.6 is 0 Å². The van der Waals surface area contributed by atoms with Gasteiger partial charge in [0.1, 0.15) is 28.8 Å². The van der Waals surface area contributed by atoms with Crippen molar-refractivity contribution in [3.05, 3.63) is 71.5 Å². The molecule has 0 N–H and O–H groups in total. The van der Waals surface area contributed by atoms with Crippen molar-refractivity contribution in [3.8, 4) is 0 Å². The van der Waals surface area contributed by atoms with Crippen LogP contribution in [0.4, 0.5) is 0 Å². The maximum atomic E-state index is 5.97. The van der Waals surface area contributed by atoms with Crippen molar-refractivity contribution in [2.24, 2.45) is 0 Å². The topological polar surface area (TPSA) is 39.4 Å². The van der Waals surface area contributed by atoms with Crippen molar-refractivity contribution in [1.82, 2.24) is 0 Å². The molecule has 0 radical (unpaired) electrons. The second-order valence-corrected chi connectivity index (χ2v) is 5.15. The standard InChI is InChI=1S/C17H18O3/c1-11-6-7-15(19-11)13(3)17-9-8-16(20-17)12(2)14-5-4-10-18-14/h4-10,12-13H,1-3H3. The molecule has 0 fully saturated rings. The van der Waals surface area contributed by atoms with Gasteiger partial charge in [0.25, 0.3) is 0 Å². The summed E-state index contributed by atoms with van der Waals surface area (Å²) in [6.45, 7) is 6.10. The number of hydrogen-bond acceptors (Lipinski definition) is 3. The van der Waals surface area contributed by atoms with Crippen LogP contribution in [0.3, 0.4) is 0 Å². The highest BCUT2D eigenvalue weighted by molar-refractivity contribution is 5.25. The van der Waals surface area contributed by atoms with E-state index in [4.69, 9.17) is 13.3 Å². The Morgan fingerprint density at radius 2 is 1.35 bits per heavy atom. The lowest BCUT2D eigenvalue weighted by atomic mass is 10.1. The maximum Gasteiger partial charge on any atom is 0.114 e. The van der Waals surface area contributed by atoms with Gasteiger partial charge in [-0.3, -0.25) is 0 Å². The quantitative estimate of drug-likeness (QED) is 0.663. The summed E-state index contributed by atoms with van der Waals surface area (Å²) in [5.41, 5.74) is 0. The zero-order valence-corrected chi connectivity index (χ0v) is 11.9. The third kappa shape index (κ3) is 2.31. The van der Waals surface area contributed by atoms with Crippen LogP contribution < -0.4 is 0 Å². The minimum absolute atomic E-state index is 0.112. The van der Waals surface area contributed by atoms with E-state index in [-0.39, 0.29) is 11.8 Å². The molecule has 0 aromatic carbocycles. The second-order valence-electron chi connectivity index (χ2n) is 5.15. The molecule has 0 bridgehead atoms. The van der Waals surface area contributed by atoms with Gasteiger partial charge in [0.15, 0.2) is 0 Å². The Morgan fingerprint density at radius 1 is 0.750 bits per heavy atom. The maximum absolute atomic E-state index is 5.97. The molecular weight excluding hydrogens is 252 g/mol. The molecule has 3 rings (SSSR count). The van der Waals surface area contributed by atoms with Crippen molar-refractivity contribution in [3.63, 3.8) is 0 Å². The molecule has 0 amide bonds. The van der Waals surface area contributed by atoms with Gasteiger partial charge in [-0.1, -0.05) is 0 Å². The van der Waals surface area contributed by atoms with Gasteiger partial charge >= 0.3 is 0 Å². The molecule has 3 aromatic heterocycles. The highest BCUT2D eigenvalue weighted by atomic mass is 16.4. The zero-order valence-electron chi connectivity index (χ0n) is 11.9. The van der Waals surface area contributed by atoms with E-state index in [9.17, 15) is 0 Å². The summed E-state index contributed by atoms with van der Waals surface area (Å²) < 4.78 is 17.1. The fraction of sp³-hybridized carbons (Fsp3) is 0.294. The summed E-state index contributed by atoms with van der Waals surface area (Å²) >= 11 is 0. The first-order valence-corrected chi connectivity index (χ1v) is 6.84. The molecule has 3 nitrogen and oxygen atoms in total. The fourth-order valence-corrected chi connectivity index (χ4v) is 2.34. The van der Waals surface area contributed by atoms with Crippen LogP contribution in [0.25, 0.3) is 0 Å². The summed E-state index contributed by atoms with van der Waals surface area (Å²) in [6.07, 6.45) is 1.68. The van der Waals surface area contributed by atoms with E-state index in [2.05, 4.69) is 13.8 Å². The zero-order chi connectivity index (χ0) is 14.1. The average Bonchev–Trinajstić information content (AvgIpc) is 3.18. The van der Waals surface area contributed by atoms with E-state index in [0.717, 1.165) is 28.8 Å². The van der Waals surface area contributed by atoms with E-state index in [1.165, 1.54) is 0 Å². The first-order chi connectivity index (χ1) is 9.65. The molecule has 20 heavy (non-hydrogen) atoms. The molecule has 0 aliphatic heterocycles. The third-order valence-corrected chi connectivity index (χ3v) is 3.66. The lowest BCUT2D eigenvalue weighted by molar-refractivity contribution is 0.393. The summed E-state index contributed by atoms with van der Waals surface area (Å²) in [7, 11) is 0. The van der Waals surface area contributed by atoms with Gasteiger partial charge in [-0.05, 0) is 57.2 Å². The van der Waals surface area contributed by atoms with Crippen molar-refractivity contribution in [2.45, 2.75) is 32.6 Å². The molecule has 2 unspecified atom stereocenters. The molecular formula is C17H18O3. The highest BCUT2D eigenvalue weighted by Crippen LogP contribution is 2.31. The molecule has 0 aliphatic carbocycles. The van der Waals surface area contributed by atoms with Gasteiger partial charge in [-0.2, -0.15) is 0 Å². The van der Waals surface area contributed by atoms with E-state index < -0.39 is 0 Å². The average molecular weight is 270 g/mol. The molecule has 2 atom stereocenters. The highest BCUT2D eigenvalue weighted by Gasteiger charge is 2.20. The van der Waals surface area contributed by atoms with Crippen LogP contribution in [0.15, 0.2) is 55.9 Å².